The quantitative estimate of drug-likeness (QED) is 0.866. The van der Waals surface area contributed by atoms with Gasteiger partial charge in [0, 0.05) is 38.9 Å². The molecule has 1 fully saturated rings. The molecule has 1 amide bonds. The van der Waals surface area contributed by atoms with Crippen molar-refractivity contribution < 1.29 is 4.79 Å². The largest absolute Gasteiger partial charge is 0.397 e. The molecule has 0 unspecified atom stereocenters. The van der Waals surface area contributed by atoms with Crippen molar-refractivity contribution in [3.8, 4) is 0 Å². The Bertz CT molecular complexity index is 419. The summed E-state index contributed by atoms with van der Waals surface area (Å²) in [6.07, 6.45) is 1.83. The summed E-state index contributed by atoms with van der Waals surface area (Å²) in [6, 6.07) is 1.78. The molecule has 5 nitrogen and oxygen atoms in total. The van der Waals surface area contributed by atoms with E-state index in [1.807, 2.05) is 22.6 Å². The van der Waals surface area contributed by atoms with Gasteiger partial charge in [-0.3, -0.25) is 4.79 Å². The van der Waals surface area contributed by atoms with E-state index in [0.717, 1.165) is 39.3 Å². The molecule has 100 valence electrons. The van der Waals surface area contributed by atoms with E-state index in [0.29, 0.717) is 11.4 Å². The zero-order valence-electron chi connectivity index (χ0n) is 11.2. The van der Waals surface area contributed by atoms with Crippen LogP contribution in [-0.4, -0.2) is 53.0 Å². The minimum Gasteiger partial charge on any atom is -0.397 e. The lowest BCUT2D eigenvalue weighted by Crippen LogP contribution is -2.48. The second-order valence-corrected chi connectivity index (χ2v) is 4.67. The van der Waals surface area contributed by atoms with E-state index >= 15 is 0 Å². The van der Waals surface area contributed by atoms with E-state index < -0.39 is 0 Å². The highest BCUT2D eigenvalue weighted by Gasteiger charge is 2.23. The number of hydrogen-bond donors (Lipinski definition) is 1. The third-order valence-electron chi connectivity index (χ3n) is 3.58. The molecular weight excluding hydrogens is 228 g/mol. The number of likely N-dealkylation sites (N-methyl/N-ethyl adjacent to an activating group) is 1. The zero-order chi connectivity index (χ0) is 13.1. The van der Waals surface area contributed by atoms with Gasteiger partial charge in [0.25, 0.3) is 5.91 Å². The Morgan fingerprint density at radius 3 is 2.44 bits per heavy atom. The summed E-state index contributed by atoms with van der Waals surface area (Å²) >= 11 is 0. The molecule has 1 saturated heterocycles. The van der Waals surface area contributed by atoms with Gasteiger partial charge in [0.15, 0.2) is 0 Å². The van der Waals surface area contributed by atoms with Gasteiger partial charge in [-0.15, -0.1) is 0 Å². The number of anilines is 1. The first kappa shape index (κ1) is 13.0. The summed E-state index contributed by atoms with van der Waals surface area (Å²) in [5.74, 6) is 0.101. The number of rotatable bonds is 3. The van der Waals surface area contributed by atoms with E-state index in [2.05, 4.69) is 11.8 Å². The Hall–Kier alpha value is -1.49. The van der Waals surface area contributed by atoms with Crippen molar-refractivity contribution in [1.29, 1.82) is 0 Å². The van der Waals surface area contributed by atoms with Crippen LogP contribution in [-0.2, 0) is 6.54 Å². The lowest BCUT2D eigenvalue weighted by molar-refractivity contribution is 0.0633. The SMILES string of the molecule is CCN1CCN(C(=O)c2cc(N)cn2CC)CC1. The number of carbonyl (C=O) groups is 1. The Labute approximate surface area is 108 Å². The molecule has 0 radical (unpaired) electrons. The number of hydrogen-bond acceptors (Lipinski definition) is 3. The minimum absolute atomic E-state index is 0.101. The minimum atomic E-state index is 0.101. The highest BCUT2D eigenvalue weighted by molar-refractivity contribution is 5.94. The van der Waals surface area contributed by atoms with Crippen molar-refractivity contribution in [3.63, 3.8) is 0 Å². The number of amides is 1. The first-order chi connectivity index (χ1) is 8.65. The Balaban J connectivity index is 2.07. The molecule has 1 aromatic heterocycles. The van der Waals surface area contributed by atoms with Gasteiger partial charge < -0.3 is 20.1 Å². The van der Waals surface area contributed by atoms with Crippen LogP contribution in [0.4, 0.5) is 5.69 Å². The number of carbonyl (C=O) groups excluding carboxylic acids is 1. The van der Waals surface area contributed by atoms with Gasteiger partial charge in [-0.25, -0.2) is 0 Å². The summed E-state index contributed by atoms with van der Waals surface area (Å²) < 4.78 is 1.92. The number of nitrogens with two attached hydrogens (primary N) is 1. The number of piperazine rings is 1. The van der Waals surface area contributed by atoms with Crippen molar-refractivity contribution in [1.82, 2.24) is 14.4 Å². The van der Waals surface area contributed by atoms with Crippen LogP contribution in [0.1, 0.15) is 24.3 Å². The highest BCUT2D eigenvalue weighted by atomic mass is 16.2. The fourth-order valence-electron chi connectivity index (χ4n) is 2.40. The smallest absolute Gasteiger partial charge is 0.270 e. The standard InChI is InChI=1S/C13H22N4O/c1-3-15-5-7-17(8-6-15)13(18)12-9-11(14)10-16(12)4-2/h9-10H,3-8,14H2,1-2H3. The molecule has 5 heteroatoms. The molecule has 1 aliphatic rings. The van der Waals surface area contributed by atoms with Crippen LogP contribution in [0.15, 0.2) is 12.3 Å². The fraction of sp³-hybridized carbons (Fsp3) is 0.615. The van der Waals surface area contributed by atoms with Crippen LogP contribution >= 0.6 is 0 Å². The number of aryl methyl sites for hydroxylation is 1. The summed E-state index contributed by atoms with van der Waals surface area (Å²) in [6.45, 7) is 9.54. The van der Waals surface area contributed by atoms with Crippen LogP contribution in [0.25, 0.3) is 0 Å². The molecule has 0 aliphatic carbocycles. The third kappa shape index (κ3) is 2.51. The maximum absolute atomic E-state index is 12.4. The van der Waals surface area contributed by atoms with E-state index in [1.165, 1.54) is 0 Å². The molecule has 2 N–H and O–H groups in total. The monoisotopic (exact) mass is 250 g/mol. The first-order valence-electron chi connectivity index (χ1n) is 6.63. The van der Waals surface area contributed by atoms with Crippen molar-refractivity contribution >= 4 is 11.6 Å². The molecule has 1 aromatic rings. The molecule has 0 aromatic carbocycles. The first-order valence-corrected chi connectivity index (χ1v) is 6.63. The van der Waals surface area contributed by atoms with Gasteiger partial charge in [-0.05, 0) is 19.5 Å². The van der Waals surface area contributed by atoms with E-state index in [9.17, 15) is 4.79 Å². The maximum atomic E-state index is 12.4. The Morgan fingerprint density at radius 1 is 1.22 bits per heavy atom. The average Bonchev–Trinajstić information content (AvgIpc) is 2.79. The molecule has 0 spiro atoms. The number of nitrogens with zero attached hydrogens (tertiary/aromatic N) is 3. The summed E-state index contributed by atoms with van der Waals surface area (Å²) in [5.41, 5.74) is 7.13. The van der Waals surface area contributed by atoms with Crippen molar-refractivity contribution in [3.05, 3.63) is 18.0 Å². The predicted molar refractivity (Wildman–Crippen MR) is 72.5 cm³/mol. The lowest BCUT2D eigenvalue weighted by Gasteiger charge is -2.34. The summed E-state index contributed by atoms with van der Waals surface area (Å²) in [5, 5.41) is 0. The number of aromatic nitrogens is 1. The van der Waals surface area contributed by atoms with Crippen LogP contribution in [0.5, 0.6) is 0 Å². The predicted octanol–water partition coefficient (Wildman–Crippen LogP) is 0.868. The number of nitrogen functional groups attached to an aromatic ring is 1. The van der Waals surface area contributed by atoms with Crippen LogP contribution in [0.2, 0.25) is 0 Å². The highest BCUT2D eigenvalue weighted by Crippen LogP contribution is 2.14. The Kier molecular flexibility index (Phi) is 3.91. The maximum Gasteiger partial charge on any atom is 0.270 e. The van der Waals surface area contributed by atoms with Gasteiger partial charge >= 0.3 is 0 Å². The second kappa shape index (κ2) is 5.44. The topological polar surface area (TPSA) is 54.5 Å². The van der Waals surface area contributed by atoms with Crippen molar-refractivity contribution in [2.24, 2.45) is 0 Å². The summed E-state index contributed by atoms with van der Waals surface area (Å²) in [7, 11) is 0. The molecule has 2 rings (SSSR count). The second-order valence-electron chi connectivity index (χ2n) is 4.67. The zero-order valence-corrected chi connectivity index (χ0v) is 11.2. The van der Waals surface area contributed by atoms with Gasteiger partial charge in [0.1, 0.15) is 5.69 Å². The molecule has 0 saturated carbocycles. The van der Waals surface area contributed by atoms with Crippen LogP contribution < -0.4 is 5.73 Å². The van der Waals surface area contributed by atoms with Gasteiger partial charge in [-0.1, -0.05) is 6.92 Å². The molecule has 1 aliphatic heterocycles. The van der Waals surface area contributed by atoms with Gasteiger partial charge in [0.2, 0.25) is 0 Å². The van der Waals surface area contributed by atoms with E-state index in [-0.39, 0.29) is 5.91 Å². The molecule has 2 heterocycles. The molecule has 18 heavy (non-hydrogen) atoms. The van der Waals surface area contributed by atoms with Crippen LogP contribution in [0.3, 0.4) is 0 Å². The van der Waals surface area contributed by atoms with E-state index in [1.54, 1.807) is 6.07 Å². The van der Waals surface area contributed by atoms with E-state index in [4.69, 9.17) is 5.73 Å². The fourth-order valence-corrected chi connectivity index (χ4v) is 2.40. The van der Waals surface area contributed by atoms with Crippen LogP contribution in [0, 0.1) is 0 Å². The molecular formula is C13H22N4O. The molecule has 0 atom stereocenters. The lowest BCUT2D eigenvalue weighted by atomic mass is 10.2. The third-order valence-corrected chi connectivity index (χ3v) is 3.58. The Morgan fingerprint density at radius 2 is 1.89 bits per heavy atom. The summed E-state index contributed by atoms with van der Waals surface area (Å²) in [4.78, 5) is 16.7. The average molecular weight is 250 g/mol. The van der Waals surface area contributed by atoms with Crippen molar-refractivity contribution in [2.75, 3.05) is 38.5 Å². The normalized spacial score (nSPS) is 17.1. The van der Waals surface area contributed by atoms with Gasteiger partial charge in [-0.2, -0.15) is 0 Å². The molecule has 0 bridgehead atoms. The van der Waals surface area contributed by atoms with Crippen molar-refractivity contribution in [2.45, 2.75) is 20.4 Å². The van der Waals surface area contributed by atoms with Gasteiger partial charge in [0.05, 0.1) is 5.69 Å².